The van der Waals surface area contributed by atoms with Crippen LogP contribution in [0.3, 0.4) is 0 Å². The van der Waals surface area contributed by atoms with E-state index in [2.05, 4.69) is 98.5 Å². The Bertz CT molecular complexity index is 832. The summed E-state index contributed by atoms with van der Waals surface area (Å²) in [6.45, 7) is 23.2. The summed E-state index contributed by atoms with van der Waals surface area (Å²) in [6.07, 6.45) is 14.3. The number of unbranched alkanes of at least 4 members (excludes halogenated alkanes) is 3. The number of piperidine rings is 2. The van der Waals surface area contributed by atoms with Crippen LogP contribution >= 0.6 is 0 Å². The number of aromatic nitrogens is 3. The Balaban J connectivity index is 1.44. The summed E-state index contributed by atoms with van der Waals surface area (Å²) < 4.78 is 5.87. The van der Waals surface area contributed by atoms with Gasteiger partial charge >= 0.3 is 6.01 Å². The number of anilines is 2. The van der Waals surface area contributed by atoms with E-state index in [9.17, 15) is 0 Å². The summed E-state index contributed by atoms with van der Waals surface area (Å²) >= 11 is 0. The van der Waals surface area contributed by atoms with E-state index in [1.165, 1.54) is 51.4 Å². The van der Waals surface area contributed by atoms with Crippen molar-refractivity contribution in [3.63, 3.8) is 0 Å². The second-order valence-corrected chi connectivity index (χ2v) is 15.6. The van der Waals surface area contributed by atoms with Gasteiger partial charge in [-0.1, -0.05) is 39.0 Å². The average molecular weight is 574 g/mol. The van der Waals surface area contributed by atoms with E-state index in [-0.39, 0.29) is 22.2 Å². The lowest BCUT2D eigenvalue weighted by Gasteiger charge is -2.46. The molecule has 2 fully saturated rings. The third-order valence-electron chi connectivity index (χ3n) is 8.54. The molecule has 2 saturated heterocycles. The molecule has 3 heterocycles. The first-order chi connectivity index (χ1) is 19.2. The third-order valence-corrected chi connectivity index (χ3v) is 8.54. The molecule has 0 saturated carbocycles. The summed E-state index contributed by atoms with van der Waals surface area (Å²) in [5.41, 5.74) is 0.866. The zero-order chi connectivity index (χ0) is 30.2. The quantitative estimate of drug-likeness (QED) is 0.153. The number of ether oxygens (including phenoxy) is 1. The molecule has 0 amide bonds. The molecule has 0 spiro atoms. The lowest BCUT2D eigenvalue weighted by molar-refractivity contribution is 0.121. The number of nitrogens with zero attached hydrogens (tertiary/aromatic N) is 3. The van der Waals surface area contributed by atoms with Crippen LogP contribution in [0, 0.1) is 11.8 Å². The van der Waals surface area contributed by atoms with Crippen molar-refractivity contribution in [3.05, 3.63) is 0 Å². The molecule has 236 valence electrons. The number of nitrogens with one attached hydrogen (secondary N) is 4. The Hall–Kier alpha value is -1.67. The highest BCUT2D eigenvalue weighted by Gasteiger charge is 2.38. The van der Waals surface area contributed by atoms with Crippen molar-refractivity contribution >= 4 is 11.9 Å². The van der Waals surface area contributed by atoms with E-state index in [1.807, 2.05) is 0 Å². The Morgan fingerprint density at radius 2 is 1.05 bits per heavy atom. The van der Waals surface area contributed by atoms with Crippen LogP contribution in [0.25, 0.3) is 0 Å². The van der Waals surface area contributed by atoms with Gasteiger partial charge in [0.2, 0.25) is 11.9 Å². The minimum Gasteiger partial charge on any atom is -0.463 e. The van der Waals surface area contributed by atoms with Crippen molar-refractivity contribution in [1.82, 2.24) is 25.6 Å². The molecule has 0 aromatic carbocycles. The monoisotopic (exact) mass is 574 g/mol. The van der Waals surface area contributed by atoms with Crippen LogP contribution in [-0.2, 0) is 0 Å². The molecule has 41 heavy (non-hydrogen) atoms. The van der Waals surface area contributed by atoms with Gasteiger partial charge in [0.25, 0.3) is 0 Å². The van der Waals surface area contributed by atoms with Crippen LogP contribution in [0.5, 0.6) is 6.01 Å². The smallest absolute Gasteiger partial charge is 0.323 e. The molecule has 2 aliphatic rings. The Morgan fingerprint density at radius 3 is 1.44 bits per heavy atom. The van der Waals surface area contributed by atoms with E-state index < -0.39 is 0 Å². The Labute approximate surface area is 251 Å². The molecule has 0 bridgehead atoms. The predicted octanol–water partition coefficient (Wildman–Crippen LogP) is 7.33. The van der Waals surface area contributed by atoms with Gasteiger partial charge in [-0.05, 0) is 112 Å². The molecule has 0 unspecified atom stereocenters. The zero-order valence-corrected chi connectivity index (χ0v) is 28.0. The Morgan fingerprint density at radius 1 is 0.634 bits per heavy atom. The normalized spacial score (nSPS) is 21.9. The van der Waals surface area contributed by atoms with E-state index in [0.29, 0.717) is 24.5 Å². The van der Waals surface area contributed by atoms with Gasteiger partial charge < -0.3 is 26.0 Å². The lowest BCUT2D eigenvalue weighted by atomic mass is 9.74. The molecule has 0 aliphatic carbocycles. The first-order valence-electron chi connectivity index (χ1n) is 16.6. The van der Waals surface area contributed by atoms with Crippen LogP contribution in [0.2, 0.25) is 0 Å². The predicted molar refractivity (Wildman–Crippen MR) is 173 cm³/mol. The van der Waals surface area contributed by atoms with Gasteiger partial charge in [-0.2, -0.15) is 15.0 Å². The highest BCUT2D eigenvalue weighted by molar-refractivity contribution is 5.35. The van der Waals surface area contributed by atoms with Gasteiger partial charge in [0.1, 0.15) is 0 Å². The summed E-state index contributed by atoms with van der Waals surface area (Å²) in [4.78, 5) is 13.8. The fourth-order valence-corrected chi connectivity index (χ4v) is 7.88. The van der Waals surface area contributed by atoms with Crippen molar-refractivity contribution in [3.8, 4) is 6.01 Å². The van der Waals surface area contributed by atoms with Crippen LogP contribution < -0.4 is 26.0 Å². The van der Waals surface area contributed by atoms with E-state index in [4.69, 9.17) is 4.74 Å². The molecule has 2 aliphatic heterocycles. The van der Waals surface area contributed by atoms with E-state index >= 15 is 0 Å². The summed E-state index contributed by atoms with van der Waals surface area (Å²) in [6, 6.07) is 0.414. The molecule has 4 N–H and O–H groups in total. The first kappa shape index (κ1) is 33.8. The SMILES string of the molecule is CCCCOc1nc(NCCCCC2CC(C)(C)NC(C)(C)C2)nc(NCCCCC2CC(C)(C)NC(C)(C)C2)n1. The van der Waals surface area contributed by atoms with Gasteiger partial charge in [-0.25, -0.2) is 0 Å². The standard InChI is InChI=1S/C33H63N7O/c1-10-11-20-41-29-37-27(34-18-14-12-16-25-21-30(2,3)39-31(4,5)22-25)36-28(38-29)35-19-15-13-17-26-23-32(6,7)40-33(8,9)24-26/h25-26,39-40H,10-24H2,1-9H3,(H2,34,35,36,37,38). The minimum absolute atomic E-state index is 0.217. The molecular weight excluding hydrogens is 510 g/mol. The molecule has 8 heteroatoms. The molecule has 0 atom stereocenters. The maximum Gasteiger partial charge on any atom is 0.323 e. The molecule has 8 nitrogen and oxygen atoms in total. The number of hydrogen-bond acceptors (Lipinski definition) is 8. The number of hydrogen-bond donors (Lipinski definition) is 4. The first-order valence-corrected chi connectivity index (χ1v) is 16.6. The van der Waals surface area contributed by atoms with E-state index in [1.54, 1.807) is 0 Å². The lowest BCUT2D eigenvalue weighted by Crippen LogP contribution is -2.57. The largest absolute Gasteiger partial charge is 0.463 e. The average Bonchev–Trinajstić information content (AvgIpc) is 2.80. The summed E-state index contributed by atoms with van der Waals surface area (Å²) in [7, 11) is 0. The highest BCUT2D eigenvalue weighted by atomic mass is 16.5. The second kappa shape index (κ2) is 14.7. The number of rotatable bonds is 16. The van der Waals surface area contributed by atoms with Gasteiger partial charge in [-0.15, -0.1) is 0 Å². The fraction of sp³-hybridized carbons (Fsp3) is 0.909. The highest BCUT2D eigenvalue weighted by Crippen LogP contribution is 2.36. The second-order valence-electron chi connectivity index (χ2n) is 15.6. The van der Waals surface area contributed by atoms with Crippen LogP contribution in [-0.4, -0.2) is 56.8 Å². The molecular formula is C33H63N7O. The van der Waals surface area contributed by atoms with Gasteiger partial charge in [0.05, 0.1) is 6.61 Å². The van der Waals surface area contributed by atoms with Crippen LogP contribution in [0.15, 0.2) is 0 Å². The summed E-state index contributed by atoms with van der Waals surface area (Å²) in [5, 5.41) is 14.5. The molecule has 0 radical (unpaired) electrons. The van der Waals surface area contributed by atoms with Crippen molar-refractivity contribution in [2.45, 2.75) is 162 Å². The molecule has 3 rings (SSSR count). The van der Waals surface area contributed by atoms with Gasteiger partial charge in [-0.3, -0.25) is 0 Å². The van der Waals surface area contributed by atoms with Crippen molar-refractivity contribution in [2.75, 3.05) is 30.3 Å². The van der Waals surface area contributed by atoms with Crippen LogP contribution in [0.4, 0.5) is 11.9 Å². The molecule has 1 aromatic heterocycles. The van der Waals surface area contributed by atoms with Crippen molar-refractivity contribution in [1.29, 1.82) is 0 Å². The van der Waals surface area contributed by atoms with Crippen LogP contribution in [0.1, 0.15) is 139 Å². The van der Waals surface area contributed by atoms with Crippen molar-refractivity contribution < 1.29 is 4.74 Å². The zero-order valence-electron chi connectivity index (χ0n) is 28.0. The van der Waals surface area contributed by atoms with Gasteiger partial charge in [0.15, 0.2) is 0 Å². The molecule has 1 aromatic rings. The Kier molecular flexibility index (Phi) is 12.1. The fourth-order valence-electron chi connectivity index (χ4n) is 7.88. The topological polar surface area (TPSA) is 96.0 Å². The maximum atomic E-state index is 5.87. The maximum absolute atomic E-state index is 5.87. The van der Waals surface area contributed by atoms with Gasteiger partial charge in [0, 0.05) is 35.2 Å². The van der Waals surface area contributed by atoms with Crippen molar-refractivity contribution in [2.24, 2.45) is 11.8 Å². The van der Waals surface area contributed by atoms with E-state index in [0.717, 1.165) is 50.6 Å². The third kappa shape index (κ3) is 12.6. The minimum atomic E-state index is 0.217. The summed E-state index contributed by atoms with van der Waals surface area (Å²) in [5.74, 6) is 2.77.